The lowest BCUT2D eigenvalue weighted by atomic mass is 10.3. The van der Waals surface area contributed by atoms with Crippen molar-refractivity contribution in [3.63, 3.8) is 0 Å². The molecule has 0 saturated heterocycles. The Morgan fingerprint density at radius 3 is 3.14 bits per heavy atom. The van der Waals surface area contributed by atoms with Gasteiger partial charge in [0.05, 0.1) is 0 Å². The van der Waals surface area contributed by atoms with Crippen LogP contribution in [-0.2, 0) is 13.0 Å². The first-order valence-electron chi connectivity index (χ1n) is 4.33. The molecule has 0 aromatic carbocycles. The number of carbonyl (C=O) groups is 1. The van der Waals surface area contributed by atoms with Crippen LogP contribution in [0.15, 0.2) is 11.0 Å². The standard InChI is InChI=1S/C8H10N4O2/c9-11-7(13)5-4-10-6-2-1-3-12(6)8(5)14/h4H,1-3,9H2,(H,11,13). The maximum absolute atomic E-state index is 11.7. The van der Waals surface area contributed by atoms with Gasteiger partial charge in [0.25, 0.3) is 11.5 Å². The molecule has 0 fully saturated rings. The summed E-state index contributed by atoms with van der Waals surface area (Å²) in [5.41, 5.74) is 1.61. The van der Waals surface area contributed by atoms with E-state index in [0.29, 0.717) is 6.54 Å². The monoisotopic (exact) mass is 194 g/mol. The van der Waals surface area contributed by atoms with E-state index >= 15 is 0 Å². The van der Waals surface area contributed by atoms with Crippen LogP contribution in [0.25, 0.3) is 0 Å². The van der Waals surface area contributed by atoms with Crippen LogP contribution in [0.5, 0.6) is 0 Å². The second-order valence-corrected chi connectivity index (χ2v) is 3.12. The molecule has 0 atom stereocenters. The molecule has 0 spiro atoms. The first kappa shape index (κ1) is 8.89. The Balaban J connectivity index is 2.56. The number of amides is 1. The zero-order valence-electron chi connectivity index (χ0n) is 7.49. The molecule has 6 heteroatoms. The quantitative estimate of drug-likeness (QED) is 0.333. The molecule has 0 aliphatic carbocycles. The molecule has 1 amide bonds. The van der Waals surface area contributed by atoms with Gasteiger partial charge >= 0.3 is 0 Å². The molecule has 2 rings (SSSR count). The number of hydrogen-bond acceptors (Lipinski definition) is 4. The van der Waals surface area contributed by atoms with Crippen molar-refractivity contribution in [2.24, 2.45) is 5.84 Å². The molecule has 14 heavy (non-hydrogen) atoms. The number of aryl methyl sites for hydroxylation is 1. The van der Waals surface area contributed by atoms with E-state index in [1.165, 1.54) is 10.8 Å². The van der Waals surface area contributed by atoms with Gasteiger partial charge in [0.2, 0.25) is 0 Å². The number of hydrogen-bond donors (Lipinski definition) is 2. The molecule has 3 N–H and O–H groups in total. The van der Waals surface area contributed by atoms with Crippen molar-refractivity contribution in [1.29, 1.82) is 0 Å². The summed E-state index contributed by atoms with van der Waals surface area (Å²) < 4.78 is 1.52. The van der Waals surface area contributed by atoms with Gasteiger partial charge < -0.3 is 0 Å². The third kappa shape index (κ3) is 1.20. The lowest BCUT2D eigenvalue weighted by Gasteiger charge is -2.03. The fraction of sp³-hybridized carbons (Fsp3) is 0.375. The minimum Gasteiger partial charge on any atom is -0.296 e. The number of rotatable bonds is 1. The van der Waals surface area contributed by atoms with Crippen LogP contribution in [-0.4, -0.2) is 15.5 Å². The maximum Gasteiger partial charge on any atom is 0.272 e. The average molecular weight is 194 g/mol. The van der Waals surface area contributed by atoms with Crippen molar-refractivity contribution in [1.82, 2.24) is 15.0 Å². The maximum atomic E-state index is 11.7. The van der Waals surface area contributed by atoms with Gasteiger partial charge in [0.1, 0.15) is 11.4 Å². The summed E-state index contributed by atoms with van der Waals surface area (Å²) in [6.45, 7) is 0.632. The van der Waals surface area contributed by atoms with E-state index in [1.807, 2.05) is 5.43 Å². The summed E-state index contributed by atoms with van der Waals surface area (Å²) in [5, 5.41) is 0. The lowest BCUT2D eigenvalue weighted by Crippen LogP contribution is -2.37. The Morgan fingerprint density at radius 2 is 2.43 bits per heavy atom. The van der Waals surface area contributed by atoms with Gasteiger partial charge in [-0.3, -0.25) is 19.6 Å². The van der Waals surface area contributed by atoms with E-state index in [1.54, 1.807) is 0 Å². The SMILES string of the molecule is NNC(=O)c1cnc2n(c1=O)CCC2. The average Bonchev–Trinajstić information content (AvgIpc) is 2.66. The highest BCUT2D eigenvalue weighted by molar-refractivity contribution is 5.93. The molecule has 0 radical (unpaired) electrons. The normalized spacial score (nSPS) is 13.8. The highest BCUT2D eigenvalue weighted by Crippen LogP contribution is 2.08. The zero-order chi connectivity index (χ0) is 10.1. The molecule has 1 aliphatic rings. The number of hydrazine groups is 1. The van der Waals surface area contributed by atoms with Crippen molar-refractivity contribution in [2.45, 2.75) is 19.4 Å². The molecule has 0 saturated carbocycles. The van der Waals surface area contributed by atoms with Crippen LogP contribution in [0.2, 0.25) is 0 Å². The van der Waals surface area contributed by atoms with E-state index < -0.39 is 5.91 Å². The third-order valence-electron chi connectivity index (χ3n) is 2.29. The van der Waals surface area contributed by atoms with E-state index in [9.17, 15) is 9.59 Å². The highest BCUT2D eigenvalue weighted by Gasteiger charge is 2.18. The molecule has 1 aromatic rings. The Kier molecular flexibility index (Phi) is 2.05. The van der Waals surface area contributed by atoms with E-state index in [4.69, 9.17) is 5.84 Å². The molecule has 0 unspecified atom stereocenters. The summed E-state index contributed by atoms with van der Waals surface area (Å²) in [4.78, 5) is 26.8. The van der Waals surface area contributed by atoms with Crippen molar-refractivity contribution in [2.75, 3.05) is 0 Å². The van der Waals surface area contributed by atoms with Gasteiger partial charge in [0, 0.05) is 19.2 Å². The van der Waals surface area contributed by atoms with E-state index in [2.05, 4.69) is 4.98 Å². The van der Waals surface area contributed by atoms with Gasteiger partial charge in [-0.25, -0.2) is 10.8 Å². The lowest BCUT2D eigenvalue weighted by molar-refractivity contribution is 0.0951. The van der Waals surface area contributed by atoms with Crippen LogP contribution in [0.1, 0.15) is 22.6 Å². The summed E-state index contributed by atoms with van der Waals surface area (Å²) in [5.74, 6) is 5.09. The Labute approximate surface area is 79.7 Å². The van der Waals surface area contributed by atoms with Crippen LogP contribution in [0, 0.1) is 0 Å². The Hall–Kier alpha value is -1.69. The van der Waals surface area contributed by atoms with Gasteiger partial charge in [-0.2, -0.15) is 0 Å². The number of aromatic nitrogens is 2. The number of fused-ring (bicyclic) bond motifs is 1. The van der Waals surface area contributed by atoms with Crippen molar-refractivity contribution in [3.8, 4) is 0 Å². The molecule has 74 valence electrons. The largest absolute Gasteiger partial charge is 0.296 e. The van der Waals surface area contributed by atoms with Crippen molar-refractivity contribution in [3.05, 3.63) is 27.9 Å². The van der Waals surface area contributed by atoms with Crippen LogP contribution in [0.4, 0.5) is 0 Å². The number of nitrogens with one attached hydrogen (secondary N) is 1. The number of carbonyl (C=O) groups excluding carboxylic acids is 1. The number of nitrogens with zero attached hydrogens (tertiary/aromatic N) is 2. The second kappa shape index (κ2) is 3.22. The number of nitrogens with two attached hydrogens (primary N) is 1. The van der Waals surface area contributed by atoms with Gasteiger partial charge in [-0.05, 0) is 6.42 Å². The van der Waals surface area contributed by atoms with E-state index in [-0.39, 0.29) is 11.1 Å². The summed E-state index contributed by atoms with van der Waals surface area (Å²) in [6, 6.07) is 0. The molecular weight excluding hydrogens is 184 g/mol. The molecule has 1 aromatic heterocycles. The fourth-order valence-corrected chi connectivity index (χ4v) is 1.59. The van der Waals surface area contributed by atoms with Gasteiger partial charge in [-0.15, -0.1) is 0 Å². The van der Waals surface area contributed by atoms with Crippen molar-refractivity contribution < 1.29 is 4.79 Å². The number of nitrogen functional groups attached to an aromatic ring is 1. The fourth-order valence-electron chi connectivity index (χ4n) is 1.59. The molecule has 2 heterocycles. The topological polar surface area (TPSA) is 90.0 Å². The molecule has 6 nitrogen and oxygen atoms in total. The van der Waals surface area contributed by atoms with Crippen LogP contribution in [0.3, 0.4) is 0 Å². The summed E-state index contributed by atoms with van der Waals surface area (Å²) >= 11 is 0. The molecule has 0 bridgehead atoms. The Morgan fingerprint density at radius 1 is 1.64 bits per heavy atom. The smallest absolute Gasteiger partial charge is 0.272 e. The Bertz CT molecular complexity index is 437. The minimum atomic E-state index is -0.593. The summed E-state index contributed by atoms with van der Waals surface area (Å²) in [6.07, 6.45) is 2.97. The zero-order valence-corrected chi connectivity index (χ0v) is 7.49. The molecule has 1 aliphatic heterocycles. The first-order valence-corrected chi connectivity index (χ1v) is 4.33. The predicted molar refractivity (Wildman–Crippen MR) is 48.5 cm³/mol. The minimum absolute atomic E-state index is 0.00171. The highest BCUT2D eigenvalue weighted by atomic mass is 16.2. The summed E-state index contributed by atoms with van der Waals surface area (Å²) in [7, 11) is 0. The van der Waals surface area contributed by atoms with E-state index in [0.717, 1.165) is 18.7 Å². The van der Waals surface area contributed by atoms with Gasteiger partial charge in [-0.1, -0.05) is 0 Å². The van der Waals surface area contributed by atoms with Crippen molar-refractivity contribution >= 4 is 5.91 Å². The van der Waals surface area contributed by atoms with Crippen LogP contribution >= 0.6 is 0 Å². The first-order chi connectivity index (χ1) is 6.74. The molecular formula is C8H10N4O2. The predicted octanol–water partition coefficient (Wildman–Crippen LogP) is -1.21. The third-order valence-corrected chi connectivity index (χ3v) is 2.29. The second-order valence-electron chi connectivity index (χ2n) is 3.12. The van der Waals surface area contributed by atoms with Crippen LogP contribution < -0.4 is 16.8 Å². The van der Waals surface area contributed by atoms with Gasteiger partial charge in [0.15, 0.2) is 0 Å².